The summed E-state index contributed by atoms with van der Waals surface area (Å²) in [6, 6.07) is 7.51. The van der Waals surface area contributed by atoms with E-state index in [9.17, 15) is 14.0 Å². The Kier molecular flexibility index (Phi) is 9.14. The van der Waals surface area contributed by atoms with Crippen LogP contribution in [0.5, 0.6) is 0 Å². The minimum absolute atomic E-state index is 0.195. The summed E-state index contributed by atoms with van der Waals surface area (Å²) in [5.41, 5.74) is 3.36. The van der Waals surface area contributed by atoms with Crippen molar-refractivity contribution in [2.24, 2.45) is 0 Å². The third-order valence-electron chi connectivity index (χ3n) is 5.48. The van der Waals surface area contributed by atoms with Gasteiger partial charge < -0.3 is 10.1 Å². The third kappa shape index (κ3) is 6.86. The zero-order chi connectivity index (χ0) is 24.5. The fraction of sp³-hybridized carbons (Fsp3) is 0.360. The van der Waals surface area contributed by atoms with Crippen molar-refractivity contribution in [3.05, 3.63) is 69.5 Å². The van der Waals surface area contributed by atoms with Gasteiger partial charge >= 0.3 is 0 Å². The Morgan fingerprint density at radius 3 is 2.74 bits per heavy atom. The minimum Gasteiger partial charge on any atom is -0.364 e. The fourth-order valence-electron chi connectivity index (χ4n) is 3.46. The number of aryl methyl sites for hydroxylation is 2. The number of nitrogens with one attached hydrogen (secondary N) is 2. The van der Waals surface area contributed by atoms with Crippen LogP contribution in [0.15, 0.2) is 52.6 Å². The molecule has 0 radical (unpaired) electrons. The zero-order valence-electron chi connectivity index (χ0n) is 19.1. The van der Waals surface area contributed by atoms with Crippen LogP contribution in [0.3, 0.4) is 0 Å². The lowest BCUT2D eigenvalue weighted by atomic mass is 9.82. The monoisotopic (exact) mass is 484 g/mol. The van der Waals surface area contributed by atoms with E-state index in [0.29, 0.717) is 36.9 Å². The van der Waals surface area contributed by atoms with E-state index in [1.807, 2.05) is 13.8 Å². The Hall–Kier alpha value is -3.28. The number of allylic oxidation sites excluding steroid dienone is 2. The van der Waals surface area contributed by atoms with Gasteiger partial charge in [0.1, 0.15) is 12.4 Å². The van der Waals surface area contributed by atoms with Crippen molar-refractivity contribution < 1.29 is 18.7 Å². The van der Waals surface area contributed by atoms with Gasteiger partial charge in [-0.15, -0.1) is 0 Å². The van der Waals surface area contributed by atoms with Crippen molar-refractivity contribution in [1.29, 1.82) is 0 Å². The number of carbonyl (C=O) groups is 2. The number of aromatic nitrogens is 2. The molecule has 4 rings (SSSR count). The van der Waals surface area contributed by atoms with Gasteiger partial charge in [0.25, 0.3) is 11.8 Å². The van der Waals surface area contributed by atoms with Gasteiger partial charge in [0, 0.05) is 43.4 Å². The molecule has 1 atom stereocenters. The van der Waals surface area contributed by atoms with Gasteiger partial charge in [-0.2, -0.15) is 0 Å². The molecule has 1 saturated carbocycles. The van der Waals surface area contributed by atoms with Crippen LogP contribution in [0.2, 0.25) is 0 Å². The Morgan fingerprint density at radius 2 is 1.97 bits per heavy atom. The molecule has 1 aromatic heterocycles. The summed E-state index contributed by atoms with van der Waals surface area (Å²) in [7, 11) is 0. The molecule has 0 aliphatic heterocycles. The van der Waals surface area contributed by atoms with Gasteiger partial charge in [0.2, 0.25) is 0 Å². The highest BCUT2D eigenvalue weighted by molar-refractivity contribution is 6.32. The number of fused-ring (bicyclic) bond motifs is 3. The van der Waals surface area contributed by atoms with Crippen LogP contribution in [0.4, 0.5) is 4.39 Å². The third-order valence-corrected chi connectivity index (χ3v) is 5.91. The molecule has 2 amide bonds. The molecule has 9 heteroatoms. The van der Waals surface area contributed by atoms with Crippen molar-refractivity contribution in [2.75, 3.05) is 13.2 Å². The van der Waals surface area contributed by atoms with Crippen LogP contribution in [0.1, 0.15) is 47.4 Å². The summed E-state index contributed by atoms with van der Waals surface area (Å²) >= 11 is 5.95. The van der Waals surface area contributed by atoms with Crippen LogP contribution in [-0.2, 0) is 9.53 Å². The fourth-order valence-corrected chi connectivity index (χ4v) is 3.75. The number of ether oxygens (including phenoxy) is 1. The van der Waals surface area contributed by atoms with Crippen LogP contribution >= 0.6 is 11.6 Å². The molecular formula is C25H26ClFN4O3. The number of amides is 2. The number of halogens is 2. The smallest absolute Gasteiger partial charge is 0.257 e. The van der Waals surface area contributed by atoms with Crippen molar-refractivity contribution in [3.8, 4) is 12.0 Å². The lowest BCUT2D eigenvalue weighted by molar-refractivity contribution is -0.126. The average Bonchev–Trinajstić information content (AvgIpc) is 2.83. The first kappa shape index (κ1) is 25.3. The maximum Gasteiger partial charge on any atom is 0.257 e. The second-order valence-corrected chi connectivity index (χ2v) is 8.20. The molecule has 178 valence electrons. The van der Waals surface area contributed by atoms with E-state index in [-0.39, 0.29) is 17.5 Å². The molecule has 34 heavy (non-hydrogen) atoms. The van der Waals surface area contributed by atoms with E-state index in [1.54, 1.807) is 30.6 Å². The first-order valence-electron chi connectivity index (χ1n) is 10.9. The molecule has 1 aromatic rings. The van der Waals surface area contributed by atoms with Gasteiger partial charge in [0.15, 0.2) is 0 Å². The molecule has 3 aliphatic rings. The van der Waals surface area contributed by atoms with Crippen molar-refractivity contribution >= 4 is 23.4 Å². The Labute approximate surface area is 203 Å². The second kappa shape index (κ2) is 12.3. The van der Waals surface area contributed by atoms with Crippen molar-refractivity contribution in [2.45, 2.75) is 45.6 Å². The van der Waals surface area contributed by atoms with Gasteiger partial charge in [-0.1, -0.05) is 17.5 Å². The number of nitrogens with zero attached hydrogens (tertiary/aromatic N) is 2. The molecule has 0 saturated heterocycles. The molecular weight excluding hydrogens is 459 g/mol. The SMILES string of the molecule is Cc1ncccc(C(=O)NCCC#CNC(=O)COC2CC3=C(Cl)C(F)=C2CC3)ccnc1C. The van der Waals surface area contributed by atoms with Crippen molar-refractivity contribution in [3.63, 3.8) is 0 Å². The summed E-state index contributed by atoms with van der Waals surface area (Å²) in [5.74, 6) is 1.66. The van der Waals surface area contributed by atoms with Gasteiger partial charge in [-0.3, -0.25) is 24.9 Å². The molecule has 1 fully saturated rings. The topological polar surface area (TPSA) is 93.2 Å². The Morgan fingerprint density at radius 1 is 1.21 bits per heavy atom. The lowest BCUT2D eigenvalue weighted by Crippen LogP contribution is -2.31. The van der Waals surface area contributed by atoms with Gasteiger partial charge in [0.05, 0.1) is 22.5 Å². The van der Waals surface area contributed by atoms with Crippen LogP contribution in [0.25, 0.3) is 0 Å². The van der Waals surface area contributed by atoms with Crippen LogP contribution in [-0.4, -0.2) is 41.0 Å². The highest BCUT2D eigenvalue weighted by Crippen LogP contribution is 2.44. The lowest BCUT2D eigenvalue weighted by Gasteiger charge is -2.32. The molecule has 1 unspecified atom stereocenters. The minimum atomic E-state index is -0.453. The van der Waals surface area contributed by atoms with E-state index in [1.165, 1.54) is 0 Å². The highest BCUT2D eigenvalue weighted by atomic mass is 35.5. The molecule has 2 bridgehead atoms. The largest absolute Gasteiger partial charge is 0.364 e. The Balaban J connectivity index is 1.39. The van der Waals surface area contributed by atoms with E-state index >= 15 is 0 Å². The standard InChI is InChI=1S/C25H26ClFN4O3/c1-16-17(2)29-13-9-18(6-5-12-28-16)25(33)31-11-4-3-10-30-22(32)15-34-21-14-19-7-8-20(21)24(27)23(19)26/h5-6,9,12-13,21H,4,7-8,11,14-15H2,1-2H3,(H,30,32)(H,31,33). The molecule has 0 spiro atoms. The van der Waals surface area contributed by atoms with E-state index in [4.69, 9.17) is 16.3 Å². The summed E-state index contributed by atoms with van der Waals surface area (Å²) in [5, 5.41) is 5.39. The van der Waals surface area contributed by atoms with Crippen molar-refractivity contribution in [1.82, 2.24) is 20.6 Å². The first-order chi connectivity index (χ1) is 16.4. The highest BCUT2D eigenvalue weighted by Gasteiger charge is 2.34. The summed E-state index contributed by atoms with van der Waals surface area (Å²) in [6.07, 6.45) is 4.88. The summed E-state index contributed by atoms with van der Waals surface area (Å²) in [6.45, 7) is 3.78. The summed E-state index contributed by atoms with van der Waals surface area (Å²) < 4.78 is 19.6. The molecule has 0 aromatic carbocycles. The zero-order valence-corrected chi connectivity index (χ0v) is 19.8. The number of hydrogen-bond donors (Lipinski definition) is 2. The van der Waals surface area contributed by atoms with E-state index in [2.05, 4.69) is 32.6 Å². The van der Waals surface area contributed by atoms with Gasteiger partial charge in [-0.25, -0.2) is 4.39 Å². The quantitative estimate of drug-likeness (QED) is 0.365. The first-order valence-corrected chi connectivity index (χ1v) is 11.3. The van der Waals surface area contributed by atoms with E-state index < -0.39 is 17.8 Å². The number of rotatable bonds is 6. The van der Waals surface area contributed by atoms with Crippen LogP contribution < -0.4 is 10.6 Å². The predicted octanol–water partition coefficient (Wildman–Crippen LogP) is 3.71. The Bertz CT molecular complexity index is 1150. The maximum atomic E-state index is 14.1. The summed E-state index contributed by atoms with van der Waals surface area (Å²) in [4.78, 5) is 32.8. The normalized spacial score (nSPS) is 16.4. The van der Waals surface area contributed by atoms with E-state index in [0.717, 1.165) is 23.4 Å². The second-order valence-electron chi connectivity index (χ2n) is 7.82. The number of carbonyl (C=O) groups excluding carboxylic acids is 2. The van der Waals surface area contributed by atoms with Crippen LogP contribution in [0, 0.1) is 25.8 Å². The molecule has 7 nitrogen and oxygen atoms in total. The maximum absolute atomic E-state index is 14.1. The molecule has 3 aliphatic carbocycles. The van der Waals surface area contributed by atoms with Gasteiger partial charge in [-0.05, 0) is 56.0 Å². The molecule has 2 N–H and O–H groups in total. The predicted molar refractivity (Wildman–Crippen MR) is 127 cm³/mol. The average molecular weight is 485 g/mol. The number of hydrogen-bond acceptors (Lipinski definition) is 5. The molecule has 1 heterocycles.